The fraction of sp³-hybridized carbons (Fsp3) is 0.829. The molecule has 1 atom stereocenters. The van der Waals surface area contributed by atoms with E-state index in [0.717, 1.165) is 89.9 Å². The normalized spacial score (nSPS) is 12.4. The van der Waals surface area contributed by atoms with Gasteiger partial charge < -0.3 is 14.2 Å². The zero-order valence-corrected chi connectivity index (χ0v) is 55.0. The standard InChI is InChI=1S/C76H138O6/c1-4-7-10-13-16-19-22-24-26-28-30-32-34-36-37-38-39-41-42-44-46-48-50-52-54-57-60-63-66-69-75(78)81-72-73(71-80-74(77)68-65-62-59-56-21-18-15-12-9-6-3)82-76(79)70-67-64-61-58-55-53-51-49-47-45-43-40-35-33-31-29-27-25-23-20-17-14-11-8-5-2/h7,10,16,19,24,26,30,32,36-37,73H,4-6,8-9,11-15,17-18,20-23,25,27-29,31,33-35,38-72H2,1-3H3/b10-7-,19-16-,26-24-,32-30-,37-36-. The second kappa shape index (κ2) is 70.6. The van der Waals surface area contributed by atoms with Crippen molar-refractivity contribution in [2.24, 2.45) is 0 Å². The Morgan fingerprint density at radius 1 is 0.256 bits per heavy atom. The maximum atomic E-state index is 12.9. The van der Waals surface area contributed by atoms with Crippen molar-refractivity contribution in [2.45, 2.75) is 393 Å². The lowest BCUT2D eigenvalue weighted by Gasteiger charge is -2.18. The molecule has 0 aromatic carbocycles. The van der Waals surface area contributed by atoms with Crippen LogP contribution in [0.4, 0.5) is 0 Å². The van der Waals surface area contributed by atoms with Gasteiger partial charge in [0.15, 0.2) is 6.10 Å². The van der Waals surface area contributed by atoms with Crippen LogP contribution in [0.15, 0.2) is 60.8 Å². The van der Waals surface area contributed by atoms with Gasteiger partial charge in [0.2, 0.25) is 0 Å². The number of carbonyl (C=O) groups is 3. The van der Waals surface area contributed by atoms with Crippen molar-refractivity contribution in [3.8, 4) is 0 Å². The van der Waals surface area contributed by atoms with Gasteiger partial charge in [-0.3, -0.25) is 14.4 Å². The monoisotopic (exact) mass is 1150 g/mol. The number of unbranched alkanes of at least 4 members (excludes halogenated alkanes) is 46. The highest BCUT2D eigenvalue weighted by atomic mass is 16.6. The number of rotatable bonds is 67. The van der Waals surface area contributed by atoms with Gasteiger partial charge in [0.25, 0.3) is 0 Å². The fourth-order valence-corrected chi connectivity index (χ4v) is 10.9. The molecular weight excluding hydrogens is 1010 g/mol. The summed E-state index contributed by atoms with van der Waals surface area (Å²) in [6, 6.07) is 0. The van der Waals surface area contributed by atoms with E-state index >= 15 is 0 Å². The Bertz CT molecular complexity index is 1460. The molecule has 0 aromatic heterocycles. The maximum Gasteiger partial charge on any atom is 0.306 e. The number of hydrogen-bond donors (Lipinski definition) is 0. The zero-order valence-electron chi connectivity index (χ0n) is 55.0. The van der Waals surface area contributed by atoms with Crippen molar-refractivity contribution in [3.05, 3.63) is 60.8 Å². The summed E-state index contributed by atoms with van der Waals surface area (Å²) in [6.45, 7) is 6.58. The highest BCUT2D eigenvalue weighted by Crippen LogP contribution is 2.19. The van der Waals surface area contributed by atoms with Crippen LogP contribution in [0.2, 0.25) is 0 Å². The first-order valence-corrected chi connectivity index (χ1v) is 36.3. The Kier molecular flexibility index (Phi) is 68.1. The summed E-state index contributed by atoms with van der Waals surface area (Å²) in [4.78, 5) is 38.4. The predicted octanol–water partition coefficient (Wildman–Crippen LogP) is 25.1. The number of ether oxygens (including phenoxy) is 3. The molecule has 1 unspecified atom stereocenters. The molecule has 0 saturated carbocycles. The summed E-state index contributed by atoms with van der Waals surface area (Å²) in [6.07, 6.45) is 91.3. The van der Waals surface area contributed by atoms with Crippen LogP contribution in [0.5, 0.6) is 0 Å². The van der Waals surface area contributed by atoms with Gasteiger partial charge >= 0.3 is 17.9 Å². The van der Waals surface area contributed by atoms with E-state index in [9.17, 15) is 14.4 Å². The van der Waals surface area contributed by atoms with Crippen LogP contribution in [-0.2, 0) is 28.6 Å². The van der Waals surface area contributed by atoms with E-state index in [0.29, 0.717) is 19.3 Å². The van der Waals surface area contributed by atoms with Crippen molar-refractivity contribution < 1.29 is 28.6 Å². The van der Waals surface area contributed by atoms with Gasteiger partial charge in [0, 0.05) is 19.3 Å². The first kappa shape index (κ1) is 79.1. The van der Waals surface area contributed by atoms with Crippen LogP contribution in [0.3, 0.4) is 0 Å². The lowest BCUT2D eigenvalue weighted by Crippen LogP contribution is -2.30. The molecule has 0 amide bonds. The van der Waals surface area contributed by atoms with E-state index in [1.807, 2.05) is 0 Å². The van der Waals surface area contributed by atoms with Crippen LogP contribution in [-0.4, -0.2) is 37.2 Å². The maximum absolute atomic E-state index is 12.9. The van der Waals surface area contributed by atoms with E-state index in [1.165, 1.54) is 257 Å². The van der Waals surface area contributed by atoms with Gasteiger partial charge in [-0.1, -0.05) is 364 Å². The second-order valence-corrected chi connectivity index (χ2v) is 24.5. The lowest BCUT2D eigenvalue weighted by molar-refractivity contribution is -0.167. The van der Waals surface area contributed by atoms with Crippen LogP contribution < -0.4 is 0 Å². The molecule has 0 aliphatic rings. The van der Waals surface area contributed by atoms with E-state index in [4.69, 9.17) is 14.2 Å². The molecule has 0 rings (SSSR count). The SMILES string of the molecule is CC/C=C\C/C=C\C/C=C\C/C=C\C/C=C\CCCCCCCCCCCCCCCC(=O)OCC(COC(=O)CCCCCCCCCCCC)OC(=O)CCCCCCCCCCCCCCCCCCCCCCCCCCC. The summed E-state index contributed by atoms with van der Waals surface area (Å²) >= 11 is 0. The van der Waals surface area contributed by atoms with Gasteiger partial charge in [0.1, 0.15) is 13.2 Å². The highest BCUT2D eigenvalue weighted by Gasteiger charge is 2.19. The molecule has 478 valence electrons. The van der Waals surface area contributed by atoms with Gasteiger partial charge in [-0.2, -0.15) is 0 Å². The van der Waals surface area contributed by atoms with Crippen LogP contribution in [0, 0.1) is 0 Å². The van der Waals surface area contributed by atoms with E-state index in [-0.39, 0.29) is 31.1 Å². The smallest absolute Gasteiger partial charge is 0.306 e. The third-order valence-electron chi connectivity index (χ3n) is 16.3. The van der Waals surface area contributed by atoms with E-state index in [1.54, 1.807) is 0 Å². The largest absolute Gasteiger partial charge is 0.462 e. The first-order valence-electron chi connectivity index (χ1n) is 36.3. The molecular formula is C76H138O6. The Balaban J connectivity index is 4.14. The summed E-state index contributed by atoms with van der Waals surface area (Å²) in [7, 11) is 0. The molecule has 0 bridgehead atoms. The molecule has 0 fully saturated rings. The molecule has 6 heteroatoms. The quantitative estimate of drug-likeness (QED) is 0.0261. The van der Waals surface area contributed by atoms with Crippen molar-refractivity contribution in [1.29, 1.82) is 0 Å². The molecule has 0 aliphatic carbocycles. The molecule has 0 spiro atoms. The molecule has 82 heavy (non-hydrogen) atoms. The summed E-state index contributed by atoms with van der Waals surface area (Å²) in [5.41, 5.74) is 0. The minimum absolute atomic E-state index is 0.0679. The first-order chi connectivity index (χ1) is 40.5. The average Bonchev–Trinajstić information content (AvgIpc) is 3.48. The number of carbonyl (C=O) groups excluding carboxylic acids is 3. The Hall–Kier alpha value is -2.89. The molecule has 0 heterocycles. The number of hydrogen-bond acceptors (Lipinski definition) is 6. The predicted molar refractivity (Wildman–Crippen MR) is 358 cm³/mol. The fourth-order valence-electron chi connectivity index (χ4n) is 10.9. The van der Waals surface area contributed by atoms with Crippen LogP contribution >= 0.6 is 0 Å². The minimum Gasteiger partial charge on any atom is -0.462 e. The third kappa shape index (κ3) is 67.9. The van der Waals surface area contributed by atoms with Gasteiger partial charge in [-0.05, 0) is 64.2 Å². The van der Waals surface area contributed by atoms with Crippen molar-refractivity contribution >= 4 is 17.9 Å². The van der Waals surface area contributed by atoms with Gasteiger partial charge in [0.05, 0.1) is 0 Å². The van der Waals surface area contributed by atoms with Crippen molar-refractivity contribution in [2.75, 3.05) is 13.2 Å². The lowest BCUT2D eigenvalue weighted by atomic mass is 10.0. The number of esters is 3. The zero-order chi connectivity index (χ0) is 59.2. The summed E-state index contributed by atoms with van der Waals surface area (Å²) in [5.74, 6) is -0.844. The molecule has 6 nitrogen and oxygen atoms in total. The van der Waals surface area contributed by atoms with Crippen molar-refractivity contribution in [1.82, 2.24) is 0 Å². The molecule has 0 radical (unpaired) electrons. The minimum atomic E-state index is -0.771. The highest BCUT2D eigenvalue weighted by molar-refractivity contribution is 5.71. The van der Waals surface area contributed by atoms with Crippen LogP contribution in [0.25, 0.3) is 0 Å². The topological polar surface area (TPSA) is 78.9 Å². The third-order valence-corrected chi connectivity index (χ3v) is 16.3. The van der Waals surface area contributed by atoms with Gasteiger partial charge in [-0.25, -0.2) is 0 Å². The number of allylic oxidation sites excluding steroid dienone is 10. The van der Waals surface area contributed by atoms with E-state index < -0.39 is 6.10 Å². The molecule has 0 N–H and O–H groups in total. The Labute approximate surface area is 510 Å². The van der Waals surface area contributed by atoms with Crippen molar-refractivity contribution in [3.63, 3.8) is 0 Å². The molecule has 0 aromatic rings. The molecule has 0 saturated heterocycles. The Morgan fingerprint density at radius 3 is 0.744 bits per heavy atom. The average molecular weight is 1150 g/mol. The van der Waals surface area contributed by atoms with Gasteiger partial charge in [-0.15, -0.1) is 0 Å². The Morgan fingerprint density at radius 2 is 0.476 bits per heavy atom. The summed E-state index contributed by atoms with van der Waals surface area (Å²) < 4.78 is 17.0. The second-order valence-electron chi connectivity index (χ2n) is 24.5. The van der Waals surface area contributed by atoms with Crippen LogP contribution in [0.1, 0.15) is 387 Å². The summed E-state index contributed by atoms with van der Waals surface area (Å²) in [5, 5.41) is 0. The van der Waals surface area contributed by atoms with E-state index in [2.05, 4.69) is 81.5 Å². The molecule has 0 aliphatic heterocycles.